The predicted octanol–water partition coefficient (Wildman–Crippen LogP) is 4.69. The normalized spacial score (nSPS) is 13.6. The Kier molecular flexibility index (Phi) is 7.94. The van der Waals surface area contributed by atoms with Gasteiger partial charge in [0, 0.05) is 18.0 Å². The molecule has 0 aliphatic heterocycles. The molecule has 0 radical (unpaired) electrons. The van der Waals surface area contributed by atoms with Crippen LogP contribution >= 0.6 is 11.3 Å². The molecule has 1 fully saturated rings. The van der Waals surface area contributed by atoms with E-state index in [1.807, 2.05) is 17.0 Å². The van der Waals surface area contributed by atoms with Crippen molar-refractivity contribution in [3.8, 4) is 11.8 Å². The average Bonchev–Trinajstić information content (AvgIpc) is 3.65. The second kappa shape index (κ2) is 11.0. The number of carbonyl (C=O) groups excluding carboxylic acids is 1. The summed E-state index contributed by atoms with van der Waals surface area (Å²) in [6.45, 7) is 2.36. The monoisotopic (exact) mass is 564 g/mol. The van der Waals surface area contributed by atoms with Crippen molar-refractivity contribution >= 4 is 32.4 Å². The van der Waals surface area contributed by atoms with Gasteiger partial charge in [-0.05, 0) is 61.6 Å². The molecule has 1 saturated carbocycles. The molecule has 0 saturated heterocycles. The molecule has 1 amide bonds. The van der Waals surface area contributed by atoms with E-state index in [1.54, 1.807) is 19.1 Å². The van der Waals surface area contributed by atoms with Crippen LogP contribution in [0.4, 0.5) is 18.3 Å². The molecular weight excluding hydrogens is 541 g/mol. The van der Waals surface area contributed by atoms with E-state index < -0.39 is 27.5 Å². The number of ether oxygens (including phenoxy) is 1. The van der Waals surface area contributed by atoms with Crippen LogP contribution in [0, 0.1) is 18.3 Å². The van der Waals surface area contributed by atoms with Gasteiger partial charge in [-0.1, -0.05) is 24.3 Å². The van der Waals surface area contributed by atoms with Crippen LogP contribution < -0.4 is 14.4 Å². The van der Waals surface area contributed by atoms with Crippen molar-refractivity contribution < 1.29 is 31.1 Å². The fourth-order valence-electron chi connectivity index (χ4n) is 3.64. The summed E-state index contributed by atoms with van der Waals surface area (Å²) >= 11 is 1.21. The molecule has 1 aliphatic rings. The minimum atomic E-state index is -4.79. The van der Waals surface area contributed by atoms with E-state index in [2.05, 4.69) is 20.5 Å². The minimum absolute atomic E-state index is 0.00604. The summed E-state index contributed by atoms with van der Waals surface area (Å²) in [6.07, 6.45) is -3.21. The molecule has 0 spiro atoms. The number of amides is 1. The molecule has 1 heterocycles. The number of nitrogens with zero attached hydrogens (tertiary/aromatic N) is 3. The lowest BCUT2D eigenvalue weighted by Crippen LogP contribution is -2.34. The van der Waals surface area contributed by atoms with Crippen molar-refractivity contribution in [1.82, 2.24) is 9.71 Å². The van der Waals surface area contributed by atoms with Gasteiger partial charge in [-0.25, -0.2) is 18.1 Å². The second-order valence-corrected chi connectivity index (χ2v) is 11.9. The van der Waals surface area contributed by atoms with Gasteiger partial charge in [-0.15, -0.1) is 24.5 Å². The Labute approximate surface area is 221 Å². The Bertz CT molecular complexity index is 1440. The Morgan fingerprint density at radius 1 is 1.16 bits per heavy atom. The number of nitrogens with one attached hydrogen (secondary N) is 1. The highest BCUT2D eigenvalue weighted by molar-refractivity contribution is 7.91. The molecule has 4 rings (SSSR count). The van der Waals surface area contributed by atoms with Crippen LogP contribution in [0.15, 0.2) is 48.5 Å². The number of anilines is 1. The number of rotatable bonds is 10. The maximum atomic E-state index is 12.7. The largest absolute Gasteiger partial charge is 0.573 e. The zero-order valence-electron chi connectivity index (χ0n) is 20.2. The molecule has 200 valence electrons. The standard InChI is InChI=1S/C25H23F3N4O4S2/c1-16-22(23(33)31-38(34,35)21-10-11-21)30-24(37-16)32(13-12-17-2-4-18(14-29)5-3-17)15-19-6-8-20(9-7-19)36-25(26,27)28/h2-9,21H,10-13,15H2,1H3,(H,31,33). The fourth-order valence-corrected chi connectivity index (χ4v) is 5.85. The quantitative estimate of drug-likeness (QED) is 0.380. The van der Waals surface area contributed by atoms with Crippen LogP contribution in [0.3, 0.4) is 0 Å². The van der Waals surface area contributed by atoms with E-state index >= 15 is 0 Å². The summed E-state index contributed by atoms with van der Waals surface area (Å²) in [5.41, 5.74) is 2.16. The zero-order chi connectivity index (χ0) is 27.5. The predicted molar refractivity (Wildman–Crippen MR) is 135 cm³/mol. The number of sulfonamides is 1. The number of thiazole rings is 1. The van der Waals surface area contributed by atoms with Crippen molar-refractivity contribution in [3.63, 3.8) is 0 Å². The molecule has 8 nitrogen and oxygen atoms in total. The number of carbonyl (C=O) groups is 1. The van der Waals surface area contributed by atoms with Crippen LogP contribution in [0.25, 0.3) is 0 Å². The maximum Gasteiger partial charge on any atom is 0.573 e. The summed E-state index contributed by atoms with van der Waals surface area (Å²) in [4.78, 5) is 19.5. The van der Waals surface area contributed by atoms with E-state index in [-0.39, 0.29) is 18.0 Å². The third-order valence-electron chi connectivity index (χ3n) is 5.75. The third kappa shape index (κ3) is 7.23. The first kappa shape index (κ1) is 27.4. The van der Waals surface area contributed by atoms with Crippen molar-refractivity contribution in [3.05, 3.63) is 75.8 Å². The molecule has 0 bridgehead atoms. The molecule has 1 N–H and O–H groups in total. The van der Waals surface area contributed by atoms with Gasteiger partial charge in [0.25, 0.3) is 5.91 Å². The van der Waals surface area contributed by atoms with Gasteiger partial charge in [0.1, 0.15) is 11.4 Å². The molecule has 2 aromatic carbocycles. The highest BCUT2D eigenvalue weighted by Gasteiger charge is 2.37. The number of alkyl halides is 3. The smallest absolute Gasteiger partial charge is 0.406 e. The number of halogens is 3. The van der Waals surface area contributed by atoms with Gasteiger partial charge in [-0.3, -0.25) is 4.79 Å². The number of hydrogen-bond donors (Lipinski definition) is 1. The number of aromatic nitrogens is 1. The molecule has 13 heteroatoms. The average molecular weight is 565 g/mol. The maximum absolute atomic E-state index is 12.7. The van der Waals surface area contributed by atoms with Gasteiger partial charge in [-0.2, -0.15) is 5.26 Å². The number of benzene rings is 2. The van der Waals surface area contributed by atoms with Gasteiger partial charge in [0.05, 0.1) is 16.9 Å². The van der Waals surface area contributed by atoms with Gasteiger partial charge < -0.3 is 9.64 Å². The Morgan fingerprint density at radius 2 is 1.79 bits per heavy atom. The van der Waals surface area contributed by atoms with Gasteiger partial charge in [0.15, 0.2) is 5.13 Å². The van der Waals surface area contributed by atoms with Crippen LogP contribution in [-0.2, 0) is 23.0 Å². The van der Waals surface area contributed by atoms with Crippen molar-refractivity contribution in [2.45, 2.75) is 44.3 Å². The van der Waals surface area contributed by atoms with Crippen molar-refractivity contribution in [2.75, 3.05) is 11.4 Å². The van der Waals surface area contributed by atoms with Crippen LogP contribution in [-0.4, -0.2) is 37.5 Å². The first-order valence-electron chi connectivity index (χ1n) is 11.6. The SMILES string of the molecule is Cc1sc(N(CCc2ccc(C#N)cc2)Cc2ccc(OC(F)(F)F)cc2)nc1C(=O)NS(=O)(=O)C1CC1. The zero-order valence-corrected chi connectivity index (χ0v) is 21.8. The van der Waals surface area contributed by atoms with Gasteiger partial charge >= 0.3 is 6.36 Å². The lowest BCUT2D eigenvalue weighted by atomic mass is 10.1. The summed E-state index contributed by atoms with van der Waals surface area (Å²) in [5, 5.41) is 8.91. The van der Waals surface area contributed by atoms with E-state index in [4.69, 9.17) is 5.26 Å². The summed E-state index contributed by atoms with van der Waals surface area (Å²) in [6, 6.07) is 14.6. The molecule has 38 heavy (non-hydrogen) atoms. The number of aryl methyl sites for hydroxylation is 1. The molecule has 1 aromatic heterocycles. The summed E-state index contributed by atoms with van der Waals surface area (Å²) in [7, 11) is -3.74. The molecule has 3 aromatic rings. The molecular formula is C25H23F3N4O4S2. The molecule has 0 unspecified atom stereocenters. The second-order valence-electron chi connectivity index (χ2n) is 8.75. The van der Waals surface area contributed by atoms with E-state index in [0.29, 0.717) is 46.9 Å². The minimum Gasteiger partial charge on any atom is -0.406 e. The van der Waals surface area contributed by atoms with Crippen LogP contribution in [0.2, 0.25) is 0 Å². The Balaban J connectivity index is 1.55. The van der Waals surface area contributed by atoms with E-state index in [9.17, 15) is 26.4 Å². The van der Waals surface area contributed by atoms with Crippen molar-refractivity contribution in [2.24, 2.45) is 0 Å². The molecule has 1 aliphatic carbocycles. The topological polar surface area (TPSA) is 112 Å². The van der Waals surface area contributed by atoms with E-state index in [0.717, 1.165) is 5.56 Å². The lowest BCUT2D eigenvalue weighted by molar-refractivity contribution is -0.274. The lowest BCUT2D eigenvalue weighted by Gasteiger charge is -2.22. The van der Waals surface area contributed by atoms with Crippen molar-refractivity contribution in [1.29, 1.82) is 5.26 Å². The number of nitriles is 1. The Hall–Kier alpha value is -3.63. The summed E-state index contributed by atoms with van der Waals surface area (Å²) < 4.78 is 68.0. The molecule has 0 atom stereocenters. The van der Waals surface area contributed by atoms with Crippen LogP contribution in [0.5, 0.6) is 5.75 Å². The van der Waals surface area contributed by atoms with Gasteiger partial charge in [0.2, 0.25) is 10.0 Å². The Morgan fingerprint density at radius 3 is 2.37 bits per heavy atom. The number of hydrogen-bond acceptors (Lipinski definition) is 8. The summed E-state index contributed by atoms with van der Waals surface area (Å²) in [5.74, 6) is -1.14. The highest BCUT2D eigenvalue weighted by atomic mass is 32.2. The first-order chi connectivity index (χ1) is 17.9. The van der Waals surface area contributed by atoms with Crippen LogP contribution in [0.1, 0.15) is 44.9 Å². The highest BCUT2D eigenvalue weighted by Crippen LogP contribution is 2.30. The van der Waals surface area contributed by atoms with E-state index in [1.165, 1.54) is 35.6 Å². The fraction of sp³-hybridized carbons (Fsp3) is 0.320. The first-order valence-corrected chi connectivity index (χ1v) is 13.9. The third-order valence-corrected chi connectivity index (χ3v) is 8.60.